The number of hydrogen-bond donors (Lipinski definition) is 0. The zero-order chi connectivity index (χ0) is 12.0. The Morgan fingerprint density at radius 3 is 2.81 bits per heavy atom. The second-order valence-electron chi connectivity index (χ2n) is 4.21. The molecular formula is C12H18O2S2. The molecule has 0 aromatic carbocycles. The smallest absolute Gasteiger partial charge is 0.172 e. The van der Waals surface area contributed by atoms with Crippen LogP contribution >= 0.6 is 11.3 Å². The lowest BCUT2D eigenvalue weighted by atomic mass is 10.2. The maximum atomic E-state index is 11.6. The van der Waals surface area contributed by atoms with Crippen molar-refractivity contribution in [2.24, 2.45) is 5.92 Å². The highest BCUT2D eigenvalue weighted by atomic mass is 32.2. The van der Waals surface area contributed by atoms with Crippen LogP contribution in [0.25, 0.3) is 0 Å². The zero-order valence-electron chi connectivity index (χ0n) is 9.77. The molecule has 0 aliphatic heterocycles. The number of rotatable bonds is 7. The third kappa shape index (κ3) is 5.03. The van der Waals surface area contributed by atoms with Crippen LogP contribution in [-0.2, 0) is 10.8 Å². The summed E-state index contributed by atoms with van der Waals surface area (Å²) in [6, 6.07) is 3.73. The van der Waals surface area contributed by atoms with Crippen molar-refractivity contribution in [2.45, 2.75) is 26.7 Å². The SMILES string of the molecule is CC(C)CS(=O)CCCC(=O)c1cccs1. The van der Waals surface area contributed by atoms with E-state index in [9.17, 15) is 9.00 Å². The average Bonchev–Trinajstić information content (AvgIpc) is 2.68. The fourth-order valence-electron chi connectivity index (χ4n) is 1.41. The van der Waals surface area contributed by atoms with E-state index in [1.54, 1.807) is 0 Å². The van der Waals surface area contributed by atoms with E-state index in [1.807, 2.05) is 17.5 Å². The van der Waals surface area contributed by atoms with Crippen LogP contribution in [-0.4, -0.2) is 21.5 Å². The lowest BCUT2D eigenvalue weighted by Gasteiger charge is -2.04. The van der Waals surface area contributed by atoms with Gasteiger partial charge in [0.2, 0.25) is 0 Å². The number of Topliss-reactive ketones (excluding diaryl/α,β-unsaturated/α-hetero) is 1. The van der Waals surface area contributed by atoms with Crippen molar-refractivity contribution >= 4 is 27.9 Å². The molecule has 1 heterocycles. The van der Waals surface area contributed by atoms with Gasteiger partial charge in [-0.1, -0.05) is 19.9 Å². The van der Waals surface area contributed by atoms with Gasteiger partial charge in [-0.05, 0) is 23.8 Å². The van der Waals surface area contributed by atoms with Gasteiger partial charge in [-0.3, -0.25) is 9.00 Å². The van der Waals surface area contributed by atoms with Crippen molar-refractivity contribution in [3.8, 4) is 0 Å². The minimum atomic E-state index is -0.762. The number of thiophene rings is 1. The Kier molecular flexibility index (Phi) is 5.91. The third-order valence-electron chi connectivity index (χ3n) is 2.09. The van der Waals surface area contributed by atoms with Gasteiger partial charge in [-0.2, -0.15) is 0 Å². The maximum Gasteiger partial charge on any atom is 0.172 e. The van der Waals surface area contributed by atoms with Crippen molar-refractivity contribution in [3.05, 3.63) is 22.4 Å². The van der Waals surface area contributed by atoms with Crippen LogP contribution in [0.1, 0.15) is 36.4 Å². The molecule has 1 rings (SSSR count). The molecule has 0 N–H and O–H groups in total. The van der Waals surface area contributed by atoms with Crippen LogP contribution < -0.4 is 0 Å². The van der Waals surface area contributed by atoms with E-state index in [0.717, 1.165) is 17.1 Å². The number of hydrogen-bond acceptors (Lipinski definition) is 3. The second-order valence-corrected chi connectivity index (χ2v) is 6.78. The highest BCUT2D eigenvalue weighted by molar-refractivity contribution is 7.84. The molecule has 2 nitrogen and oxygen atoms in total. The summed E-state index contributed by atoms with van der Waals surface area (Å²) in [6.07, 6.45) is 1.25. The second kappa shape index (κ2) is 6.97. The summed E-state index contributed by atoms with van der Waals surface area (Å²) in [7, 11) is -0.762. The molecule has 0 saturated carbocycles. The molecule has 0 aliphatic carbocycles. The summed E-state index contributed by atoms with van der Waals surface area (Å²) < 4.78 is 11.5. The molecular weight excluding hydrogens is 240 g/mol. The average molecular weight is 258 g/mol. The van der Waals surface area contributed by atoms with Gasteiger partial charge in [0.05, 0.1) is 4.88 Å². The lowest BCUT2D eigenvalue weighted by Crippen LogP contribution is -2.09. The molecule has 1 aromatic heterocycles. The van der Waals surface area contributed by atoms with Crippen molar-refractivity contribution in [3.63, 3.8) is 0 Å². The molecule has 0 radical (unpaired) electrons. The highest BCUT2D eigenvalue weighted by Crippen LogP contribution is 2.12. The van der Waals surface area contributed by atoms with E-state index < -0.39 is 10.8 Å². The first-order valence-corrected chi connectivity index (χ1v) is 7.88. The van der Waals surface area contributed by atoms with E-state index >= 15 is 0 Å². The molecule has 0 saturated heterocycles. The van der Waals surface area contributed by atoms with Gasteiger partial charge in [-0.15, -0.1) is 11.3 Å². The van der Waals surface area contributed by atoms with Gasteiger partial charge in [0.1, 0.15) is 0 Å². The molecule has 1 atom stereocenters. The first kappa shape index (κ1) is 13.6. The minimum Gasteiger partial charge on any atom is -0.293 e. The fraction of sp³-hybridized carbons (Fsp3) is 0.583. The van der Waals surface area contributed by atoms with Crippen molar-refractivity contribution in [1.82, 2.24) is 0 Å². The van der Waals surface area contributed by atoms with E-state index in [4.69, 9.17) is 0 Å². The summed E-state index contributed by atoms with van der Waals surface area (Å²) in [5.74, 6) is 2.04. The molecule has 0 fully saturated rings. The van der Waals surface area contributed by atoms with E-state index in [1.165, 1.54) is 11.3 Å². The van der Waals surface area contributed by atoms with Crippen LogP contribution in [0.3, 0.4) is 0 Å². The summed E-state index contributed by atoms with van der Waals surface area (Å²) in [6.45, 7) is 4.13. The Morgan fingerprint density at radius 2 is 2.25 bits per heavy atom. The van der Waals surface area contributed by atoms with Crippen molar-refractivity contribution in [2.75, 3.05) is 11.5 Å². The maximum absolute atomic E-state index is 11.6. The van der Waals surface area contributed by atoms with Gasteiger partial charge < -0.3 is 0 Å². The summed E-state index contributed by atoms with van der Waals surface area (Å²) in [4.78, 5) is 12.4. The Balaban J connectivity index is 2.21. The summed E-state index contributed by atoms with van der Waals surface area (Å²) in [5, 5.41) is 1.91. The first-order chi connectivity index (χ1) is 7.59. The molecule has 0 amide bonds. The third-order valence-corrected chi connectivity index (χ3v) is 4.78. The molecule has 0 aliphatic rings. The Hall–Kier alpha value is -0.480. The predicted octanol–water partition coefficient (Wildman–Crippen LogP) is 3.12. The molecule has 4 heteroatoms. The quantitative estimate of drug-likeness (QED) is 0.704. The van der Waals surface area contributed by atoms with Gasteiger partial charge in [0, 0.05) is 28.7 Å². The molecule has 90 valence electrons. The van der Waals surface area contributed by atoms with Gasteiger partial charge in [0.25, 0.3) is 0 Å². The minimum absolute atomic E-state index is 0.177. The topological polar surface area (TPSA) is 34.1 Å². The van der Waals surface area contributed by atoms with E-state index in [2.05, 4.69) is 13.8 Å². The van der Waals surface area contributed by atoms with E-state index in [-0.39, 0.29) is 5.78 Å². The van der Waals surface area contributed by atoms with Crippen molar-refractivity contribution < 1.29 is 9.00 Å². The molecule has 1 aromatic rings. The molecule has 0 bridgehead atoms. The number of carbonyl (C=O) groups is 1. The van der Waals surface area contributed by atoms with Gasteiger partial charge in [-0.25, -0.2) is 0 Å². The van der Waals surface area contributed by atoms with Crippen LogP contribution in [0, 0.1) is 5.92 Å². The largest absolute Gasteiger partial charge is 0.293 e. The Labute approximate surface area is 104 Å². The molecule has 1 unspecified atom stereocenters. The number of carbonyl (C=O) groups excluding carboxylic acids is 1. The van der Waals surface area contributed by atoms with Crippen LogP contribution in [0.5, 0.6) is 0 Å². The van der Waals surface area contributed by atoms with Crippen LogP contribution in [0.4, 0.5) is 0 Å². The standard InChI is InChI=1S/C12H18O2S2/c1-10(2)9-16(14)8-4-5-11(13)12-6-3-7-15-12/h3,6-7,10H,4-5,8-9H2,1-2H3. The highest BCUT2D eigenvalue weighted by Gasteiger charge is 2.08. The van der Waals surface area contributed by atoms with Gasteiger partial charge >= 0.3 is 0 Å². The molecule has 0 spiro atoms. The Morgan fingerprint density at radius 1 is 1.50 bits per heavy atom. The Bertz CT molecular complexity index is 342. The predicted molar refractivity (Wildman–Crippen MR) is 70.6 cm³/mol. The zero-order valence-corrected chi connectivity index (χ0v) is 11.4. The number of ketones is 1. The van der Waals surface area contributed by atoms with Crippen LogP contribution in [0.2, 0.25) is 0 Å². The summed E-state index contributed by atoms with van der Waals surface area (Å²) >= 11 is 1.48. The normalized spacial score (nSPS) is 12.9. The summed E-state index contributed by atoms with van der Waals surface area (Å²) in [5.41, 5.74) is 0. The van der Waals surface area contributed by atoms with Gasteiger partial charge in [0.15, 0.2) is 5.78 Å². The van der Waals surface area contributed by atoms with Crippen molar-refractivity contribution in [1.29, 1.82) is 0 Å². The first-order valence-electron chi connectivity index (χ1n) is 5.51. The fourth-order valence-corrected chi connectivity index (χ4v) is 3.48. The van der Waals surface area contributed by atoms with Crippen LogP contribution in [0.15, 0.2) is 17.5 Å². The molecule has 16 heavy (non-hydrogen) atoms. The monoisotopic (exact) mass is 258 g/mol. The van der Waals surface area contributed by atoms with E-state index in [0.29, 0.717) is 18.1 Å². The lowest BCUT2D eigenvalue weighted by molar-refractivity contribution is 0.0986.